The average Bonchev–Trinajstić information content (AvgIpc) is 2.73. The predicted molar refractivity (Wildman–Crippen MR) is 109 cm³/mol. The first-order valence-corrected chi connectivity index (χ1v) is 9.35. The van der Waals surface area contributed by atoms with Gasteiger partial charge in [0, 0.05) is 0 Å². The molecule has 1 aliphatic rings. The van der Waals surface area contributed by atoms with E-state index in [4.69, 9.17) is 9.47 Å². The van der Waals surface area contributed by atoms with Gasteiger partial charge in [-0.2, -0.15) is 0 Å². The molecule has 0 saturated carbocycles. The van der Waals surface area contributed by atoms with Crippen LogP contribution >= 0.6 is 0 Å². The molecule has 0 spiro atoms. The van der Waals surface area contributed by atoms with Crippen molar-refractivity contribution >= 4 is 29.6 Å². The molecular formula is C22H21FN2O5. The first-order valence-electron chi connectivity index (χ1n) is 9.35. The molecule has 0 aliphatic carbocycles. The number of hydrogen-bond donors (Lipinski definition) is 1. The van der Waals surface area contributed by atoms with Crippen LogP contribution in [0.1, 0.15) is 25.8 Å². The van der Waals surface area contributed by atoms with Crippen LogP contribution in [0.4, 0.5) is 14.9 Å². The van der Waals surface area contributed by atoms with E-state index >= 15 is 0 Å². The van der Waals surface area contributed by atoms with Crippen LogP contribution in [0.2, 0.25) is 0 Å². The minimum Gasteiger partial charge on any atom is -0.493 e. The third-order valence-corrected chi connectivity index (χ3v) is 4.59. The molecule has 0 bridgehead atoms. The van der Waals surface area contributed by atoms with Gasteiger partial charge < -0.3 is 9.47 Å². The Bertz CT molecular complexity index is 1020. The van der Waals surface area contributed by atoms with Gasteiger partial charge >= 0.3 is 6.03 Å². The summed E-state index contributed by atoms with van der Waals surface area (Å²) in [6.07, 6.45) is 2.16. The molecule has 3 rings (SSSR count). The van der Waals surface area contributed by atoms with Crippen LogP contribution in [-0.2, 0) is 9.59 Å². The zero-order chi connectivity index (χ0) is 21.8. The minimum absolute atomic E-state index is 0.0101. The van der Waals surface area contributed by atoms with Crippen LogP contribution in [-0.4, -0.2) is 31.1 Å². The first-order chi connectivity index (χ1) is 14.3. The summed E-state index contributed by atoms with van der Waals surface area (Å²) in [6, 6.07) is 8.90. The highest BCUT2D eigenvalue weighted by Gasteiger charge is 2.36. The second-order valence-electron chi connectivity index (χ2n) is 6.68. The lowest BCUT2D eigenvalue weighted by molar-refractivity contribution is -0.122. The van der Waals surface area contributed by atoms with Gasteiger partial charge in [0.25, 0.3) is 11.8 Å². The molecular weight excluding hydrogens is 391 g/mol. The van der Waals surface area contributed by atoms with E-state index in [-0.39, 0.29) is 17.4 Å². The summed E-state index contributed by atoms with van der Waals surface area (Å²) in [7, 11) is 1.49. The van der Waals surface area contributed by atoms with Crippen molar-refractivity contribution in [2.75, 3.05) is 12.0 Å². The molecule has 0 unspecified atom stereocenters. The van der Waals surface area contributed by atoms with Crippen molar-refractivity contribution in [2.24, 2.45) is 0 Å². The molecule has 1 saturated heterocycles. The van der Waals surface area contributed by atoms with E-state index < -0.39 is 23.7 Å². The van der Waals surface area contributed by atoms with Crippen LogP contribution in [0.3, 0.4) is 0 Å². The number of methoxy groups -OCH3 is 1. The Kier molecular flexibility index (Phi) is 6.15. The Morgan fingerprint density at radius 2 is 1.80 bits per heavy atom. The Hall–Kier alpha value is -3.68. The van der Waals surface area contributed by atoms with Crippen LogP contribution in [0, 0.1) is 5.82 Å². The summed E-state index contributed by atoms with van der Waals surface area (Å²) < 4.78 is 24.3. The highest BCUT2D eigenvalue weighted by Crippen LogP contribution is 2.31. The van der Waals surface area contributed by atoms with Crippen LogP contribution in [0.25, 0.3) is 6.08 Å². The fourth-order valence-electron chi connectivity index (χ4n) is 2.82. The number of urea groups is 1. The molecule has 1 heterocycles. The van der Waals surface area contributed by atoms with Gasteiger partial charge in [-0.3, -0.25) is 14.9 Å². The number of carbonyl (C=O) groups is 3. The number of halogens is 1. The number of rotatable bonds is 6. The monoisotopic (exact) mass is 412 g/mol. The molecule has 4 amide bonds. The van der Waals surface area contributed by atoms with Crippen LogP contribution < -0.4 is 19.7 Å². The largest absolute Gasteiger partial charge is 0.493 e. The second-order valence-corrected chi connectivity index (χ2v) is 6.68. The number of hydrogen-bond acceptors (Lipinski definition) is 5. The van der Waals surface area contributed by atoms with Gasteiger partial charge in [0.1, 0.15) is 11.4 Å². The van der Waals surface area contributed by atoms with E-state index in [9.17, 15) is 18.8 Å². The number of ether oxygens (including phenoxy) is 2. The quantitative estimate of drug-likeness (QED) is 0.578. The van der Waals surface area contributed by atoms with Gasteiger partial charge in [-0.25, -0.2) is 14.1 Å². The average molecular weight is 412 g/mol. The van der Waals surface area contributed by atoms with Crippen LogP contribution in [0.15, 0.2) is 48.0 Å². The molecule has 1 atom stereocenters. The maximum atomic E-state index is 13.2. The molecule has 1 aliphatic heterocycles. The standard InChI is InChI=1S/C22H21FN2O5/c1-4-13(2)30-18-10-5-14(12-19(18)29-3)11-17-20(26)24-22(28)25(21(17)27)16-8-6-15(23)7-9-16/h5-13H,4H2,1-3H3,(H,24,26,28)/b17-11+/t13-/m0/s1. The molecule has 7 nitrogen and oxygen atoms in total. The summed E-state index contributed by atoms with van der Waals surface area (Å²) in [6.45, 7) is 3.93. The number of amides is 4. The van der Waals surface area contributed by atoms with E-state index in [0.717, 1.165) is 23.5 Å². The molecule has 1 N–H and O–H groups in total. The lowest BCUT2D eigenvalue weighted by Crippen LogP contribution is -2.54. The number of carbonyl (C=O) groups excluding carboxylic acids is 3. The van der Waals surface area contributed by atoms with Gasteiger partial charge in [-0.15, -0.1) is 0 Å². The number of imide groups is 2. The molecule has 8 heteroatoms. The summed E-state index contributed by atoms with van der Waals surface area (Å²) in [5, 5.41) is 2.13. The molecule has 2 aromatic rings. The number of nitrogens with zero attached hydrogens (tertiary/aromatic N) is 1. The minimum atomic E-state index is -0.899. The summed E-state index contributed by atoms with van der Waals surface area (Å²) in [5.41, 5.74) is 0.416. The van der Waals surface area contributed by atoms with Gasteiger partial charge in [0.2, 0.25) is 0 Å². The smallest absolute Gasteiger partial charge is 0.335 e. The third-order valence-electron chi connectivity index (χ3n) is 4.59. The van der Waals surface area contributed by atoms with Crippen molar-refractivity contribution in [1.82, 2.24) is 5.32 Å². The SMILES string of the molecule is CC[C@H](C)Oc1ccc(/C=C2\C(=O)NC(=O)N(c3ccc(F)cc3)C2=O)cc1OC. The normalized spacial score (nSPS) is 16.5. The third kappa shape index (κ3) is 4.32. The van der Waals surface area contributed by atoms with E-state index in [0.29, 0.717) is 17.1 Å². The van der Waals surface area contributed by atoms with Crippen molar-refractivity contribution in [3.63, 3.8) is 0 Å². The van der Waals surface area contributed by atoms with E-state index in [1.54, 1.807) is 18.2 Å². The fourth-order valence-corrected chi connectivity index (χ4v) is 2.82. The highest BCUT2D eigenvalue weighted by atomic mass is 19.1. The molecule has 156 valence electrons. The Morgan fingerprint density at radius 3 is 2.43 bits per heavy atom. The molecule has 0 radical (unpaired) electrons. The van der Waals surface area contributed by atoms with E-state index in [2.05, 4.69) is 5.32 Å². The lowest BCUT2D eigenvalue weighted by Gasteiger charge is -2.26. The van der Waals surface area contributed by atoms with Crippen molar-refractivity contribution in [3.8, 4) is 11.5 Å². The lowest BCUT2D eigenvalue weighted by atomic mass is 10.1. The van der Waals surface area contributed by atoms with Crippen molar-refractivity contribution < 1.29 is 28.2 Å². The zero-order valence-electron chi connectivity index (χ0n) is 16.8. The molecule has 2 aromatic carbocycles. The van der Waals surface area contributed by atoms with E-state index in [1.165, 1.54) is 25.3 Å². The van der Waals surface area contributed by atoms with Gasteiger partial charge in [0.05, 0.1) is 18.9 Å². The Labute approximate surface area is 173 Å². The fraction of sp³-hybridized carbons (Fsp3) is 0.227. The summed E-state index contributed by atoms with van der Waals surface area (Å²) in [4.78, 5) is 38.1. The highest BCUT2D eigenvalue weighted by molar-refractivity contribution is 6.39. The number of anilines is 1. The van der Waals surface area contributed by atoms with Crippen molar-refractivity contribution in [1.29, 1.82) is 0 Å². The Balaban J connectivity index is 1.95. The number of benzene rings is 2. The molecule has 1 fully saturated rings. The first kappa shape index (κ1) is 21.0. The maximum Gasteiger partial charge on any atom is 0.335 e. The Morgan fingerprint density at radius 1 is 1.10 bits per heavy atom. The number of barbiturate groups is 1. The predicted octanol–water partition coefficient (Wildman–Crippen LogP) is 3.68. The summed E-state index contributed by atoms with van der Waals surface area (Å²) in [5.74, 6) is -1.16. The zero-order valence-corrected chi connectivity index (χ0v) is 16.8. The molecule has 30 heavy (non-hydrogen) atoms. The van der Waals surface area contributed by atoms with Gasteiger partial charge in [-0.05, 0) is 61.4 Å². The van der Waals surface area contributed by atoms with Gasteiger partial charge in [0.15, 0.2) is 11.5 Å². The summed E-state index contributed by atoms with van der Waals surface area (Å²) >= 11 is 0. The van der Waals surface area contributed by atoms with E-state index in [1.807, 2.05) is 13.8 Å². The van der Waals surface area contributed by atoms with Crippen molar-refractivity contribution in [2.45, 2.75) is 26.4 Å². The maximum absolute atomic E-state index is 13.2. The van der Waals surface area contributed by atoms with Gasteiger partial charge in [-0.1, -0.05) is 13.0 Å². The number of nitrogens with one attached hydrogen (secondary N) is 1. The molecule has 0 aromatic heterocycles. The second kappa shape index (κ2) is 8.77. The van der Waals surface area contributed by atoms with Crippen molar-refractivity contribution in [3.05, 3.63) is 59.4 Å². The van der Waals surface area contributed by atoms with Crippen LogP contribution in [0.5, 0.6) is 11.5 Å². The topological polar surface area (TPSA) is 84.9 Å².